The average molecular weight is 289 g/mol. The maximum atomic E-state index is 8.98. The van der Waals surface area contributed by atoms with Gasteiger partial charge in [0, 0.05) is 31.4 Å². The Morgan fingerprint density at radius 3 is 3.00 bits per heavy atom. The summed E-state index contributed by atoms with van der Waals surface area (Å²) in [5.74, 6) is 0.971. The summed E-state index contributed by atoms with van der Waals surface area (Å²) in [4.78, 5) is 9.51. The minimum absolute atomic E-state index is 0.128. The molecule has 0 aliphatic carbocycles. The molecule has 2 fully saturated rings. The van der Waals surface area contributed by atoms with Crippen molar-refractivity contribution in [3.8, 4) is 0 Å². The van der Waals surface area contributed by atoms with Crippen molar-refractivity contribution in [2.24, 2.45) is 10.9 Å². The van der Waals surface area contributed by atoms with Gasteiger partial charge < -0.3 is 15.8 Å². The number of pyridine rings is 1. The molecule has 2 saturated heterocycles. The van der Waals surface area contributed by atoms with Gasteiger partial charge in [0.25, 0.3) is 0 Å². The number of nitrogens with zero attached hydrogens (tertiary/aromatic N) is 4. The smallest absolute Gasteiger partial charge is 0.173 e. The van der Waals surface area contributed by atoms with Crippen molar-refractivity contribution in [2.75, 3.05) is 31.1 Å². The van der Waals surface area contributed by atoms with Gasteiger partial charge in [0.15, 0.2) is 5.84 Å². The Kier molecular flexibility index (Phi) is 3.96. The van der Waals surface area contributed by atoms with E-state index in [1.807, 2.05) is 19.1 Å². The fraction of sp³-hybridized carbons (Fsp3) is 0.600. The van der Waals surface area contributed by atoms with Gasteiger partial charge >= 0.3 is 0 Å². The van der Waals surface area contributed by atoms with Crippen molar-refractivity contribution in [1.29, 1.82) is 0 Å². The van der Waals surface area contributed by atoms with Crippen LogP contribution in [-0.4, -0.2) is 53.1 Å². The summed E-state index contributed by atoms with van der Waals surface area (Å²) in [7, 11) is 0. The quantitative estimate of drug-likeness (QED) is 0.370. The van der Waals surface area contributed by atoms with Gasteiger partial charge in [-0.2, -0.15) is 0 Å². The van der Waals surface area contributed by atoms with Gasteiger partial charge in [-0.15, -0.1) is 0 Å². The molecule has 2 aliphatic heterocycles. The number of nitrogens with two attached hydrogens (primary N) is 1. The summed E-state index contributed by atoms with van der Waals surface area (Å²) in [6, 6.07) is 4.39. The molecule has 0 radical (unpaired) electrons. The van der Waals surface area contributed by atoms with Crippen LogP contribution in [0.4, 0.5) is 5.82 Å². The van der Waals surface area contributed by atoms with E-state index in [9.17, 15) is 0 Å². The predicted molar refractivity (Wildman–Crippen MR) is 82.9 cm³/mol. The van der Waals surface area contributed by atoms with Crippen molar-refractivity contribution >= 4 is 11.7 Å². The Balaban J connectivity index is 1.87. The standard InChI is InChI=1S/C15H23N5O/c1-11-5-6-13(14(16)18-21)15(17-11)20-9-8-19-7-3-2-4-12(19)10-20/h5-6,12,21H,2-4,7-10H2,1H3,(H2,16,18). The third kappa shape index (κ3) is 2.81. The van der Waals surface area contributed by atoms with Crippen molar-refractivity contribution in [1.82, 2.24) is 9.88 Å². The van der Waals surface area contributed by atoms with E-state index in [0.29, 0.717) is 11.6 Å². The summed E-state index contributed by atoms with van der Waals surface area (Å²) >= 11 is 0. The zero-order valence-electron chi connectivity index (χ0n) is 12.5. The Bertz CT molecular complexity index is 545. The molecule has 0 saturated carbocycles. The number of piperidine rings is 1. The molecule has 3 rings (SSSR count). The van der Waals surface area contributed by atoms with Crippen LogP contribution >= 0.6 is 0 Å². The number of aromatic nitrogens is 1. The summed E-state index contributed by atoms with van der Waals surface area (Å²) in [5, 5.41) is 12.1. The third-order valence-corrected chi connectivity index (χ3v) is 4.53. The van der Waals surface area contributed by atoms with E-state index in [4.69, 9.17) is 10.9 Å². The molecular weight excluding hydrogens is 266 g/mol. The molecule has 0 spiro atoms. The second-order valence-electron chi connectivity index (χ2n) is 5.94. The zero-order chi connectivity index (χ0) is 14.8. The van der Waals surface area contributed by atoms with Gasteiger partial charge in [0.05, 0.1) is 5.56 Å². The van der Waals surface area contributed by atoms with E-state index < -0.39 is 0 Å². The fourth-order valence-corrected chi connectivity index (χ4v) is 3.39. The van der Waals surface area contributed by atoms with Crippen LogP contribution in [0.2, 0.25) is 0 Å². The lowest BCUT2D eigenvalue weighted by Gasteiger charge is -2.44. The molecule has 6 nitrogen and oxygen atoms in total. The molecule has 0 amide bonds. The van der Waals surface area contributed by atoms with Crippen molar-refractivity contribution in [2.45, 2.75) is 32.2 Å². The van der Waals surface area contributed by atoms with Gasteiger partial charge in [0.2, 0.25) is 0 Å². The van der Waals surface area contributed by atoms with Crippen LogP contribution in [0, 0.1) is 6.92 Å². The lowest BCUT2D eigenvalue weighted by atomic mass is 9.99. The van der Waals surface area contributed by atoms with Gasteiger partial charge in [0.1, 0.15) is 5.82 Å². The topological polar surface area (TPSA) is 78.0 Å². The number of fused-ring (bicyclic) bond motifs is 1. The highest BCUT2D eigenvalue weighted by molar-refractivity contribution is 6.01. The first-order valence-electron chi connectivity index (χ1n) is 7.63. The first-order chi connectivity index (χ1) is 10.2. The highest BCUT2D eigenvalue weighted by atomic mass is 16.4. The van der Waals surface area contributed by atoms with Gasteiger partial charge in [-0.1, -0.05) is 11.6 Å². The summed E-state index contributed by atoms with van der Waals surface area (Å²) in [6.07, 6.45) is 3.87. The van der Waals surface area contributed by atoms with Crippen LogP contribution in [0.3, 0.4) is 0 Å². The van der Waals surface area contributed by atoms with Crippen LogP contribution < -0.4 is 10.6 Å². The molecule has 3 N–H and O–H groups in total. The lowest BCUT2D eigenvalue weighted by molar-refractivity contribution is 0.133. The summed E-state index contributed by atoms with van der Waals surface area (Å²) in [5.41, 5.74) is 7.47. The molecule has 0 bridgehead atoms. The van der Waals surface area contributed by atoms with Crippen LogP contribution in [0.25, 0.3) is 0 Å². The number of oxime groups is 1. The molecule has 21 heavy (non-hydrogen) atoms. The largest absolute Gasteiger partial charge is 0.409 e. The lowest BCUT2D eigenvalue weighted by Crippen LogP contribution is -2.55. The third-order valence-electron chi connectivity index (χ3n) is 4.53. The Morgan fingerprint density at radius 1 is 1.33 bits per heavy atom. The average Bonchev–Trinajstić information content (AvgIpc) is 2.53. The normalized spacial score (nSPS) is 24.0. The van der Waals surface area contributed by atoms with E-state index in [1.54, 1.807) is 0 Å². The highest BCUT2D eigenvalue weighted by Gasteiger charge is 2.30. The van der Waals surface area contributed by atoms with Gasteiger partial charge in [-0.05, 0) is 38.4 Å². The number of rotatable bonds is 2. The second-order valence-corrected chi connectivity index (χ2v) is 5.94. The molecule has 1 aromatic rings. The highest BCUT2D eigenvalue weighted by Crippen LogP contribution is 2.26. The van der Waals surface area contributed by atoms with E-state index in [2.05, 4.69) is 19.9 Å². The Morgan fingerprint density at radius 2 is 2.19 bits per heavy atom. The van der Waals surface area contributed by atoms with E-state index in [0.717, 1.165) is 31.1 Å². The first kappa shape index (κ1) is 14.1. The molecule has 1 unspecified atom stereocenters. The van der Waals surface area contributed by atoms with Gasteiger partial charge in [-0.25, -0.2) is 4.98 Å². The van der Waals surface area contributed by atoms with Crippen LogP contribution in [-0.2, 0) is 0 Å². The molecule has 3 heterocycles. The van der Waals surface area contributed by atoms with Crippen LogP contribution in [0.5, 0.6) is 0 Å². The molecule has 114 valence electrons. The number of hydrogen-bond donors (Lipinski definition) is 2. The minimum atomic E-state index is 0.128. The number of hydrogen-bond acceptors (Lipinski definition) is 5. The van der Waals surface area contributed by atoms with Crippen LogP contribution in [0.15, 0.2) is 17.3 Å². The molecule has 1 aromatic heterocycles. The van der Waals surface area contributed by atoms with E-state index in [1.165, 1.54) is 25.8 Å². The monoisotopic (exact) mass is 289 g/mol. The van der Waals surface area contributed by atoms with Crippen molar-refractivity contribution < 1.29 is 5.21 Å². The Hall–Kier alpha value is -1.82. The number of aryl methyl sites for hydroxylation is 1. The number of amidine groups is 1. The SMILES string of the molecule is Cc1ccc(/C(N)=N/O)c(N2CCN3CCCCC3C2)n1. The molecule has 0 aromatic carbocycles. The van der Waals surface area contributed by atoms with Crippen molar-refractivity contribution in [3.63, 3.8) is 0 Å². The maximum absolute atomic E-state index is 8.98. The number of piperazine rings is 1. The minimum Gasteiger partial charge on any atom is -0.409 e. The maximum Gasteiger partial charge on any atom is 0.173 e. The fourth-order valence-electron chi connectivity index (χ4n) is 3.39. The van der Waals surface area contributed by atoms with Crippen LogP contribution in [0.1, 0.15) is 30.5 Å². The molecule has 1 atom stereocenters. The predicted octanol–water partition coefficient (Wildman–Crippen LogP) is 1.16. The Labute approximate surface area is 125 Å². The van der Waals surface area contributed by atoms with Crippen molar-refractivity contribution in [3.05, 3.63) is 23.4 Å². The zero-order valence-corrected chi connectivity index (χ0v) is 12.5. The summed E-state index contributed by atoms with van der Waals surface area (Å²) in [6.45, 7) is 6.17. The van der Waals surface area contributed by atoms with E-state index in [-0.39, 0.29) is 5.84 Å². The first-order valence-corrected chi connectivity index (χ1v) is 7.63. The van der Waals surface area contributed by atoms with E-state index >= 15 is 0 Å². The number of anilines is 1. The summed E-state index contributed by atoms with van der Waals surface area (Å²) < 4.78 is 0. The molecule has 6 heteroatoms. The second kappa shape index (κ2) is 5.89. The molecule has 2 aliphatic rings. The molecular formula is C15H23N5O. The van der Waals surface area contributed by atoms with Gasteiger partial charge in [-0.3, -0.25) is 4.90 Å².